The maximum Gasteiger partial charge on any atom is 0.255 e. The first-order valence-corrected chi connectivity index (χ1v) is 11.6. The molecule has 160 valence electrons. The molecule has 3 aliphatic rings. The van der Waals surface area contributed by atoms with Gasteiger partial charge in [-0.3, -0.25) is 9.59 Å². The van der Waals surface area contributed by atoms with E-state index in [1.807, 2.05) is 13.8 Å². The Hall–Kier alpha value is -1.62. The van der Waals surface area contributed by atoms with E-state index < -0.39 is 0 Å². The number of ketones is 1. The van der Waals surface area contributed by atoms with Crippen LogP contribution in [0.15, 0.2) is 0 Å². The van der Waals surface area contributed by atoms with Crippen LogP contribution in [0.4, 0.5) is 0 Å². The molecule has 0 radical (unpaired) electrons. The summed E-state index contributed by atoms with van der Waals surface area (Å²) in [6.07, 6.45) is 10.6. The monoisotopic (exact) mass is 399 g/mol. The zero-order valence-electron chi connectivity index (χ0n) is 18.5. The molecule has 5 heteroatoms. The average molecular weight is 400 g/mol. The van der Waals surface area contributed by atoms with Crippen LogP contribution in [0.5, 0.6) is 0 Å². The van der Waals surface area contributed by atoms with E-state index in [0.717, 1.165) is 43.2 Å². The van der Waals surface area contributed by atoms with E-state index in [9.17, 15) is 9.59 Å². The number of hydrogen-bond acceptors (Lipinski definition) is 3. The summed E-state index contributed by atoms with van der Waals surface area (Å²) in [6.45, 7) is 10.7. The van der Waals surface area contributed by atoms with Gasteiger partial charge in [0.25, 0.3) is 5.91 Å². The van der Waals surface area contributed by atoms with Gasteiger partial charge in [-0.05, 0) is 64.0 Å². The smallest absolute Gasteiger partial charge is 0.255 e. The van der Waals surface area contributed by atoms with Gasteiger partial charge < -0.3 is 14.8 Å². The van der Waals surface area contributed by atoms with Gasteiger partial charge in [-0.1, -0.05) is 19.3 Å². The van der Waals surface area contributed by atoms with Crippen molar-refractivity contribution in [2.45, 2.75) is 72.1 Å². The van der Waals surface area contributed by atoms with Crippen molar-refractivity contribution in [2.24, 2.45) is 11.3 Å². The lowest BCUT2D eigenvalue weighted by Gasteiger charge is -2.42. The summed E-state index contributed by atoms with van der Waals surface area (Å²) in [7, 11) is 0. The third-order valence-electron chi connectivity index (χ3n) is 7.71. The Morgan fingerprint density at radius 2 is 1.79 bits per heavy atom. The van der Waals surface area contributed by atoms with Crippen molar-refractivity contribution < 1.29 is 9.59 Å². The molecular weight excluding hydrogens is 362 g/mol. The molecule has 1 spiro atoms. The number of carbonyl (C=O) groups is 2. The summed E-state index contributed by atoms with van der Waals surface area (Å²) in [4.78, 5) is 33.1. The van der Waals surface area contributed by atoms with Crippen molar-refractivity contribution in [3.8, 4) is 0 Å². The lowest BCUT2D eigenvalue weighted by molar-refractivity contribution is 0.0629. The summed E-state index contributed by atoms with van der Waals surface area (Å²) in [5.41, 5.74) is 3.19. The number of nitrogens with one attached hydrogen (secondary N) is 1. The highest BCUT2D eigenvalue weighted by Gasteiger charge is 2.43. The second-order valence-electron chi connectivity index (χ2n) is 10.0. The number of carbonyl (C=O) groups excluding carboxylic acids is 2. The number of amides is 1. The van der Waals surface area contributed by atoms with E-state index in [0.29, 0.717) is 11.3 Å². The summed E-state index contributed by atoms with van der Waals surface area (Å²) in [5.74, 6) is 0.978. The summed E-state index contributed by atoms with van der Waals surface area (Å²) in [5, 5.41) is 0. The molecule has 1 amide bonds. The van der Waals surface area contributed by atoms with E-state index >= 15 is 0 Å². The van der Waals surface area contributed by atoms with Crippen LogP contribution < -0.4 is 0 Å². The molecule has 1 saturated carbocycles. The third kappa shape index (κ3) is 4.16. The first-order chi connectivity index (χ1) is 13.9. The van der Waals surface area contributed by atoms with Gasteiger partial charge in [0.2, 0.25) is 0 Å². The largest absolute Gasteiger partial charge is 0.355 e. The van der Waals surface area contributed by atoms with Crippen LogP contribution in [-0.4, -0.2) is 59.2 Å². The number of aromatic amines is 1. The molecule has 5 nitrogen and oxygen atoms in total. The van der Waals surface area contributed by atoms with Crippen LogP contribution in [0.3, 0.4) is 0 Å². The second-order valence-corrected chi connectivity index (χ2v) is 10.0. The predicted molar refractivity (Wildman–Crippen MR) is 115 cm³/mol. The molecule has 0 aromatic carbocycles. The SMILES string of the molecule is CC(=O)c1[nH]c(C)c(C(=O)N2CCC3(CCCN(CC4CCCCC4)C3)C2)c1C. The standard InChI is InChI=1S/C24H37N3O2/c1-17-21(18(2)25-22(17)19(3)28)23(29)27-13-11-24(16-27)10-7-12-26(15-24)14-20-8-5-4-6-9-20/h20,25H,4-16H2,1-3H3. The summed E-state index contributed by atoms with van der Waals surface area (Å²) >= 11 is 0. The number of hydrogen-bond donors (Lipinski definition) is 1. The van der Waals surface area contributed by atoms with Crippen molar-refractivity contribution >= 4 is 11.7 Å². The van der Waals surface area contributed by atoms with Crippen molar-refractivity contribution in [3.05, 3.63) is 22.5 Å². The highest BCUT2D eigenvalue weighted by Crippen LogP contribution is 2.40. The lowest BCUT2D eigenvalue weighted by atomic mass is 9.78. The van der Waals surface area contributed by atoms with Crippen LogP contribution in [0.1, 0.15) is 90.4 Å². The lowest BCUT2D eigenvalue weighted by Crippen LogP contribution is -2.47. The van der Waals surface area contributed by atoms with E-state index in [1.165, 1.54) is 58.0 Å². The minimum atomic E-state index is -0.00632. The molecule has 0 bridgehead atoms. The zero-order valence-corrected chi connectivity index (χ0v) is 18.5. The molecule has 2 aliphatic heterocycles. The number of rotatable bonds is 4. The number of aryl methyl sites for hydroxylation is 1. The van der Waals surface area contributed by atoms with E-state index in [1.54, 1.807) is 6.92 Å². The Balaban J connectivity index is 1.43. The second kappa shape index (κ2) is 8.25. The number of nitrogens with zero attached hydrogens (tertiary/aromatic N) is 2. The number of Topliss-reactive ketones (excluding diaryl/α,β-unsaturated/α-hetero) is 1. The fraction of sp³-hybridized carbons (Fsp3) is 0.750. The molecule has 1 unspecified atom stereocenters. The zero-order chi connectivity index (χ0) is 20.6. The molecule has 1 aliphatic carbocycles. The van der Waals surface area contributed by atoms with Gasteiger partial charge in [0.05, 0.1) is 11.3 Å². The summed E-state index contributed by atoms with van der Waals surface area (Å²) < 4.78 is 0. The molecule has 2 saturated heterocycles. The van der Waals surface area contributed by atoms with Crippen LogP contribution in [0.25, 0.3) is 0 Å². The molecule has 1 atom stereocenters. The molecule has 29 heavy (non-hydrogen) atoms. The molecule has 3 fully saturated rings. The number of likely N-dealkylation sites (tertiary alicyclic amines) is 2. The molecule has 3 heterocycles. The predicted octanol–water partition coefficient (Wildman–Crippen LogP) is 4.34. The highest BCUT2D eigenvalue weighted by molar-refractivity contribution is 6.02. The van der Waals surface area contributed by atoms with Crippen LogP contribution in [0.2, 0.25) is 0 Å². The maximum absolute atomic E-state index is 13.3. The minimum absolute atomic E-state index is 0.00632. The third-order valence-corrected chi connectivity index (χ3v) is 7.71. The van der Waals surface area contributed by atoms with Crippen LogP contribution in [-0.2, 0) is 0 Å². The van der Waals surface area contributed by atoms with E-state index in [4.69, 9.17) is 0 Å². The Morgan fingerprint density at radius 1 is 1.03 bits per heavy atom. The normalized spacial score (nSPS) is 26.4. The first kappa shape index (κ1) is 20.6. The Labute approximate surface area is 175 Å². The minimum Gasteiger partial charge on any atom is -0.355 e. The fourth-order valence-electron chi connectivity index (χ4n) is 6.22. The van der Waals surface area contributed by atoms with Gasteiger partial charge >= 0.3 is 0 Å². The van der Waals surface area contributed by atoms with Gasteiger partial charge in [-0.15, -0.1) is 0 Å². The van der Waals surface area contributed by atoms with E-state index in [-0.39, 0.29) is 17.1 Å². The van der Waals surface area contributed by atoms with Gasteiger partial charge in [0.1, 0.15) is 0 Å². The Kier molecular flexibility index (Phi) is 5.87. The van der Waals surface area contributed by atoms with Crippen molar-refractivity contribution in [3.63, 3.8) is 0 Å². The number of aromatic nitrogens is 1. The molecular formula is C24H37N3O2. The topological polar surface area (TPSA) is 56.4 Å². The van der Waals surface area contributed by atoms with E-state index in [2.05, 4.69) is 14.8 Å². The van der Waals surface area contributed by atoms with Gasteiger partial charge in [0.15, 0.2) is 5.78 Å². The first-order valence-electron chi connectivity index (χ1n) is 11.6. The van der Waals surface area contributed by atoms with Crippen molar-refractivity contribution in [1.29, 1.82) is 0 Å². The van der Waals surface area contributed by atoms with Gasteiger partial charge in [-0.25, -0.2) is 0 Å². The number of piperidine rings is 1. The average Bonchev–Trinajstić information content (AvgIpc) is 3.23. The summed E-state index contributed by atoms with van der Waals surface area (Å²) in [6, 6.07) is 0. The maximum atomic E-state index is 13.3. The molecule has 1 aromatic heterocycles. The number of H-pyrrole nitrogens is 1. The van der Waals surface area contributed by atoms with Crippen molar-refractivity contribution in [2.75, 3.05) is 32.7 Å². The highest BCUT2D eigenvalue weighted by atomic mass is 16.2. The fourth-order valence-corrected chi connectivity index (χ4v) is 6.22. The molecule has 1 N–H and O–H groups in total. The van der Waals surface area contributed by atoms with Gasteiger partial charge in [0, 0.05) is 44.2 Å². The van der Waals surface area contributed by atoms with Crippen molar-refractivity contribution in [1.82, 2.24) is 14.8 Å². The quantitative estimate of drug-likeness (QED) is 0.766. The molecule has 1 aromatic rings. The van der Waals surface area contributed by atoms with Crippen LogP contribution in [0, 0.1) is 25.2 Å². The Bertz CT molecular complexity index is 777. The van der Waals surface area contributed by atoms with Crippen LogP contribution >= 0.6 is 0 Å². The Morgan fingerprint density at radius 3 is 2.48 bits per heavy atom. The molecule has 4 rings (SSSR count). The van der Waals surface area contributed by atoms with Gasteiger partial charge in [-0.2, -0.15) is 0 Å².